The number of rotatable bonds is 25. The number of esters is 2. The number of aliphatic hydroxyl groups excluding tert-OH is 2. The summed E-state index contributed by atoms with van der Waals surface area (Å²) in [6.07, 6.45) is 24.9. The molecular weight excluding hydrogens is 428 g/mol. The number of carbonyl (C=O) groups is 2. The van der Waals surface area contributed by atoms with Gasteiger partial charge in [0.05, 0.1) is 12.5 Å². The van der Waals surface area contributed by atoms with Crippen molar-refractivity contribution >= 4 is 11.9 Å². The normalized spacial score (nSPS) is 13.1. The lowest BCUT2D eigenvalue weighted by molar-refractivity contribution is -0.170. The van der Waals surface area contributed by atoms with Crippen LogP contribution in [0.3, 0.4) is 0 Å². The van der Waals surface area contributed by atoms with Gasteiger partial charge in [-0.3, -0.25) is 4.79 Å². The third-order valence-corrected chi connectivity index (χ3v) is 6.79. The topological polar surface area (TPSA) is 83.8 Å². The van der Waals surface area contributed by atoms with E-state index >= 15 is 0 Å². The highest BCUT2D eigenvalue weighted by molar-refractivity contribution is 5.88. The SMILES string of the molecule is CCCCCCCCCCCCCCCCC(CCCCCCCC)C(=O)OC(=O)C(O)CO. The van der Waals surface area contributed by atoms with Gasteiger partial charge in [0.25, 0.3) is 0 Å². The molecule has 0 saturated carbocycles. The monoisotopic (exact) mass is 484 g/mol. The van der Waals surface area contributed by atoms with Crippen LogP contribution in [0.1, 0.15) is 155 Å². The molecule has 5 nitrogen and oxygen atoms in total. The second-order valence-corrected chi connectivity index (χ2v) is 10.1. The zero-order valence-electron chi connectivity index (χ0n) is 22.5. The lowest BCUT2D eigenvalue weighted by Gasteiger charge is -2.16. The zero-order valence-corrected chi connectivity index (χ0v) is 22.5. The summed E-state index contributed by atoms with van der Waals surface area (Å²) < 4.78 is 4.84. The van der Waals surface area contributed by atoms with Crippen molar-refractivity contribution < 1.29 is 24.5 Å². The van der Waals surface area contributed by atoms with Crippen LogP contribution >= 0.6 is 0 Å². The van der Waals surface area contributed by atoms with E-state index in [9.17, 15) is 14.7 Å². The Balaban J connectivity index is 3.99. The molecule has 0 saturated heterocycles. The second-order valence-electron chi connectivity index (χ2n) is 10.1. The fraction of sp³-hybridized carbons (Fsp3) is 0.931. The van der Waals surface area contributed by atoms with Gasteiger partial charge in [-0.05, 0) is 12.8 Å². The van der Waals surface area contributed by atoms with E-state index in [1.807, 2.05) is 0 Å². The molecule has 0 heterocycles. The molecule has 5 heteroatoms. The van der Waals surface area contributed by atoms with Gasteiger partial charge in [0, 0.05) is 0 Å². The van der Waals surface area contributed by atoms with Gasteiger partial charge in [-0.15, -0.1) is 0 Å². The summed E-state index contributed by atoms with van der Waals surface area (Å²) in [5.41, 5.74) is 0. The first-order chi connectivity index (χ1) is 16.6. The first kappa shape index (κ1) is 33.1. The van der Waals surface area contributed by atoms with E-state index in [4.69, 9.17) is 9.84 Å². The Labute approximate surface area is 210 Å². The molecule has 2 unspecified atom stereocenters. The summed E-state index contributed by atoms with van der Waals surface area (Å²) in [5, 5.41) is 18.3. The van der Waals surface area contributed by atoms with Crippen molar-refractivity contribution in [2.45, 2.75) is 161 Å². The summed E-state index contributed by atoms with van der Waals surface area (Å²) in [6.45, 7) is 3.73. The van der Waals surface area contributed by atoms with Crippen LogP contribution in [0.2, 0.25) is 0 Å². The van der Waals surface area contributed by atoms with Gasteiger partial charge < -0.3 is 14.9 Å². The quantitative estimate of drug-likeness (QED) is 0.0790. The predicted octanol–water partition coefficient (Wildman–Crippen LogP) is 7.65. The first-order valence-corrected chi connectivity index (χ1v) is 14.6. The minimum Gasteiger partial charge on any atom is -0.393 e. The molecule has 0 aromatic heterocycles. The Morgan fingerprint density at radius 1 is 0.559 bits per heavy atom. The van der Waals surface area contributed by atoms with Gasteiger partial charge in [0.1, 0.15) is 0 Å². The van der Waals surface area contributed by atoms with Crippen molar-refractivity contribution in [3.63, 3.8) is 0 Å². The smallest absolute Gasteiger partial charge is 0.345 e. The van der Waals surface area contributed by atoms with Crippen molar-refractivity contribution in [1.29, 1.82) is 0 Å². The van der Waals surface area contributed by atoms with E-state index in [0.717, 1.165) is 38.5 Å². The molecule has 0 bridgehead atoms. The third-order valence-electron chi connectivity index (χ3n) is 6.79. The molecular formula is C29H56O5. The molecule has 0 aliphatic heterocycles. The molecule has 34 heavy (non-hydrogen) atoms. The molecule has 2 N–H and O–H groups in total. The predicted molar refractivity (Wildman–Crippen MR) is 141 cm³/mol. The highest BCUT2D eigenvalue weighted by atomic mass is 16.6. The van der Waals surface area contributed by atoms with Crippen LogP contribution in [0.25, 0.3) is 0 Å². The summed E-state index contributed by atoms with van der Waals surface area (Å²) in [4.78, 5) is 24.2. The Morgan fingerprint density at radius 2 is 0.882 bits per heavy atom. The lowest BCUT2D eigenvalue weighted by atomic mass is 9.94. The summed E-state index contributed by atoms with van der Waals surface area (Å²) in [6, 6.07) is 0. The minimum atomic E-state index is -1.64. The van der Waals surface area contributed by atoms with Crippen molar-refractivity contribution in [3.8, 4) is 0 Å². The highest BCUT2D eigenvalue weighted by Gasteiger charge is 2.25. The molecule has 202 valence electrons. The second kappa shape index (κ2) is 25.2. The van der Waals surface area contributed by atoms with Crippen LogP contribution in [0, 0.1) is 5.92 Å². The average Bonchev–Trinajstić information content (AvgIpc) is 2.84. The van der Waals surface area contributed by atoms with Gasteiger partial charge in [-0.1, -0.05) is 142 Å². The molecule has 2 atom stereocenters. The number of carbonyl (C=O) groups excluding carboxylic acids is 2. The fourth-order valence-electron chi connectivity index (χ4n) is 4.46. The van der Waals surface area contributed by atoms with E-state index in [2.05, 4.69) is 13.8 Å². The maximum atomic E-state index is 12.5. The van der Waals surface area contributed by atoms with Gasteiger partial charge in [0.2, 0.25) is 0 Å². The average molecular weight is 485 g/mol. The zero-order chi connectivity index (χ0) is 25.3. The number of unbranched alkanes of at least 4 members (excludes halogenated alkanes) is 18. The molecule has 0 fully saturated rings. The lowest BCUT2D eigenvalue weighted by Crippen LogP contribution is -2.31. The van der Waals surface area contributed by atoms with E-state index in [0.29, 0.717) is 0 Å². The van der Waals surface area contributed by atoms with Crippen molar-refractivity contribution in [2.24, 2.45) is 5.92 Å². The van der Waals surface area contributed by atoms with Crippen LogP contribution in [-0.2, 0) is 14.3 Å². The maximum absolute atomic E-state index is 12.5. The van der Waals surface area contributed by atoms with E-state index in [-0.39, 0.29) is 5.92 Å². The van der Waals surface area contributed by atoms with Crippen LogP contribution in [-0.4, -0.2) is 34.9 Å². The number of hydrogen-bond acceptors (Lipinski definition) is 5. The number of ether oxygens (including phenoxy) is 1. The van der Waals surface area contributed by atoms with Gasteiger partial charge in [-0.25, -0.2) is 4.79 Å². The molecule has 0 amide bonds. The van der Waals surface area contributed by atoms with Crippen LogP contribution in [0.5, 0.6) is 0 Å². The van der Waals surface area contributed by atoms with E-state index in [1.54, 1.807) is 0 Å². The van der Waals surface area contributed by atoms with Crippen LogP contribution in [0.4, 0.5) is 0 Å². The standard InChI is InChI=1S/C29H56O5/c1-3-5-7-9-11-12-13-14-15-16-17-18-20-22-24-26(23-21-19-10-8-6-4-2)28(32)34-29(33)27(31)25-30/h26-27,30-31H,3-25H2,1-2H3. The Kier molecular flexibility index (Phi) is 24.5. The van der Waals surface area contributed by atoms with Crippen LogP contribution in [0.15, 0.2) is 0 Å². The molecule has 0 aromatic carbocycles. The molecule has 0 aromatic rings. The fourth-order valence-corrected chi connectivity index (χ4v) is 4.46. The first-order valence-electron chi connectivity index (χ1n) is 14.6. The summed E-state index contributed by atoms with van der Waals surface area (Å²) in [5.74, 6) is -1.87. The van der Waals surface area contributed by atoms with E-state index < -0.39 is 24.6 Å². The third kappa shape index (κ3) is 20.4. The Hall–Kier alpha value is -0.940. The number of hydrogen-bond donors (Lipinski definition) is 2. The highest BCUT2D eigenvalue weighted by Crippen LogP contribution is 2.21. The molecule has 0 rings (SSSR count). The van der Waals surface area contributed by atoms with Gasteiger partial charge in [-0.2, -0.15) is 0 Å². The van der Waals surface area contributed by atoms with E-state index in [1.165, 1.54) is 103 Å². The van der Waals surface area contributed by atoms with Crippen molar-refractivity contribution in [2.75, 3.05) is 6.61 Å². The molecule has 0 spiro atoms. The summed E-state index contributed by atoms with van der Waals surface area (Å²) >= 11 is 0. The number of aliphatic hydroxyl groups is 2. The largest absolute Gasteiger partial charge is 0.393 e. The summed E-state index contributed by atoms with van der Waals surface area (Å²) in [7, 11) is 0. The minimum absolute atomic E-state index is 0.293. The molecule has 0 radical (unpaired) electrons. The Bertz CT molecular complexity index is 465. The van der Waals surface area contributed by atoms with Gasteiger partial charge >= 0.3 is 11.9 Å². The Morgan fingerprint density at radius 3 is 1.21 bits per heavy atom. The van der Waals surface area contributed by atoms with Crippen molar-refractivity contribution in [1.82, 2.24) is 0 Å². The van der Waals surface area contributed by atoms with Gasteiger partial charge in [0.15, 0.2) is 6.10 Å². The maximum Gasteiger partial charge on any atom is 0.345 e. The van der Waals surface area contributed by atoms with Crippen LogP contribution < -0.4 is 0 Å². The molecule has 0 aliphatic carbocycles. The molecule has 0 aliphatic rings. The van der Waals surface area contributed by atoms with Crippen molar-refractivity contribution in [3.05, 3.63) is 0 Å².